The number of aromatic nitrogens is 2. The van der Waals surface area contributed by atoms with E-state index < -0.39 is 0 Å². The Hall–Kier alpha value is -2.43. The minimum atomic E-state index is -0.195. The summed E-state index contributed by atoms with van der Waals surface area (Å²) in [5, 5.41) is 7.37. The number of fused-ring (bicyclic) bond motifs is 1. The zero-order valence-electron chi connectivity index (χ0n) is 12.6. The van der Waals surface area contributed by atoms with Gasteiger partial charge in [0.1, 0.15) is 12.4 Å². The van der Waals surface area contributed by atoms with Crippen molar-refractivity contribution < 1.29 is 4.74 Å². The lowest BCUT2D eigenvalue weighted by molar-refractivity contribution is 0.118. The molecule has 1 aromatic heterocycles. The van der Waals surface area contributed by atoms with E-state index in [0.29, 0.717) is 5.92 Å². The van der Waals surface area contributed by atoms with E-state index >= 15 is 0 Å². The van der Waals surface area contributed by atoms with Crippen LogP contribution in [0.3, 0.4) is 0 Å². The van der Waals surface area contributed by atoms with E-state index in [0.717, 1.165) is 24.8 Å². The Kier molecular flexibility index (Phi) is 4.04. The average molecular weight is 296 g/mol. The van der Waals surface area contributed by atoms with Crippen molar-refractivity contribution in [3.8, 4) is 11.1 Å². The van der Waals surface area contributed by atoms with Gasteiger partial charge in [0.05, 0.1) is 0 Å². The summed E-state index contributed by atoms with van der Waals surface area (Å²) in [6.45, 7) is 2.07. The highest BCUT2D eigenvalue weighted by atomic mass is 16.5. The van der Waals surface area contributed by atoms with Gasteiger partial charge >= 0.3 is 0 Å². The Morgan fingerprint density at radius 2 is 2.14 bits per heavy atom. The first-order chi connectivity index (χ1) is 10.7. The number of ether oxygens (including phenoxy) is 1. The van der Waals surface area contributed by atoms with Gasteiger partial charge in [0.25, 0.3) is 6.02 Å². The summed E-state index contributed by atoms with van der Waals surface area (Å²) >= 11 is 0. The molecule has 0 fully saturated rings. The number of nitrogens with two attached hydrogens (primary N) is 1. The SMILES string of the molecule is CC[C@H](OC(=N)N)C1Cc2cccc(-c3cncnc3)c2C1. The standard InChI is InChI=1S/C17H20N4O/c1-2-16(22-17(18)19)12-6-11-4-3-5-14(15(11)7-12)13-8-20-10-21-9-13/h3-5,8-10,12,16H,2,6-7H2,1H3,(H3,18,19)/t12?,16-/m0/s1. The van der Waals surface area contributed by atoms with Gasteiger partial charge in [0, 0.05) is 23.9 Å². The molecule has 114 valence electrons. The summed E-state index contributed by atoms with van der Waals surface area (Å²) in [4.78, 5) is 8.23. The van der Waals surface area contributed by atoms with E-state index in [1.165, 1.54) is 16.7 Å². The molecule has 0 spiro atoms. The maximum atomic E-state index is 7.37. The zero-order chi connectivity index (χ0) is 15.5. The third-order valence-corrected chi connectivity index (χ3v) is 4.30. The third-order valence-electron chi connectivity index (χ3n) is 4.30. The fraction of sp³-hybridized carbons (Fsp3) is 0.353. The first kappa shape index (κ1) is 14.5. The van der Waals surface area contributed by atoms with Gasteiger partial charge in [-0.05, 0) is 36.0 Å². The zero-order valence-corrected chi connectivity index (χ0v) is 12.6. The van der Waals surface area contributed by atoms with Gasteiger partial charge in [-0.15, -0.1) is 0 Å². The summed E-state index contributed by atoms with van der Waals surface area (Å²) < 4.78 is 5.50. The van der Waals surface area contributed by atoms with Crippen molar-refractivity contribution in [2.24, 2.45) is 11.7 Å². The van der Waals surface area contributed by atoms with Gasteiger partial charge in [-0.2, -0.15) is 0 Å². The van der Waals surface area contributed by atoms with Gasteiger partial charge in [-0.1, -0.05) is 25.1 Å². The lowest BCUT2D eigenvalue weighted by Crippen LogP contribution is -2.30. The van der Waals surface area contributed by atoms with Crippen LogP contribution in [0.4, 0.5) is 0 Å². The highest BCUT2D eigenvalue weighted by molar-refractivity contribution is 5.69. The van der Waals surface area contributed by atoms with Crippen molar-refractivity contribution in [3.63, 3.8) is 0 Å². The second-order valence-corrected chi connectivity index (χ2v) is 5.67. The Bertz CT molecular complexity index is 672. The monoisotopic (exact) mass is 296 g/mol. The van der Waals surface area contributed by atoms with E-state index in [1.54, 1.807) is 6.33 Å². The molecule has 1 aliphatic carbocycles. The van der Waals surface area contributed by atoms with Gasteiger partial charge in [0.2, 0.25) is 0 Å². The van der Waals surface area contributed by atoms with Crippen LogP contribution in [-0.2, 0) is 17.6 Å². The second-order valence-electron chi connectivity index (χ2n) is 5.67. The lowest BCUT2D eigenvalue weighted by atomic mass is 9.95. The molecular weight excluding hydrogens is 276 g/mol. The topological polar surface area (TPSA) is 84.9 Å². The third kappa shape index (κ3) is 2.79. The molecule has 0 amide bonds. The highest BCUT2D eigenvalue weighted by Gasteiger charge is 2.31. The van der Waals surface area contributed by atoms with Crippen LogP contribution >= 0.6 is 0 Å². The molecule has 0 aliphatic heterocycles. The molecule has 5 nitrogen and oxygen atoms in total. The Morgan fingerprint density at radius 3 is 2.82 bits per heavy atom. The largest absolute Gasteiger partial charge is 0.462 e. The number of nitrogens with one attached hydrogen (secondary N) is 1. The van der Waals surface area contributed by atoms with Gasteiger partial charge < -0.3 is 10.5 Å². The molecule has 22 heavy (non-hydrogen) atoms. The average Bonchev–Trinajstić information content (AvgIpc) is 2.97. The van der Waals surface area contributed by atoms with Crippen molar-refractivity contribution in [1.29, 1.82) is 5.41 Å². The van der Waals surface area contributed by atoms with E-state index in [2.05, 4.69) is 35.1 Å². The molecule has 2 aromatic rings. The number of benzene rings is 1. The predicted octanol–water partition coefficient (Wildman–Crippen LogP) is 2.55. The van der Waals surface area contributed by atoms with Crippen LogP contribution in [-0.4, -0.2) is 22.1 Å². The predicted molar refractivity (Wildman–Crippen MR) is 85.4 cm³/mol. The molecule has 1 aliphatic rings. The van der Waals surface area contributed by atoms with Crippen molar-refractivity contribution >= 4 is 6.02 Å². The molecule has 0 saturated carbocycles. The highest BCUT2D eigenvalue weighted by Crippen LogP contribution is 2.37. The van der Waals surface area contributed by atoms with Crippen LogP contribution < -0.4 is 5.73 Å². The summed E-state index contributed by atoms with van der Waals surface area (Å²) in [6, 6.07) is 6.17. The first-order valence-electron chi connectivity index (χ1n) is 7.55. The molecule has 5 heteroatoms. The van der Waals surface area contributed by atoms with Crippen LogP contribution in [0.5, 0.6) is 0 Å². The summed E-state index contributed by atoms with van der Waals surface area (Å²) in [6.07, 6.45) is 7.98. The van der Waals surface area contributed by atoms with E-state index in [-0.39, 0.29) is 12.1 Å². The summed E-state index contributed by atoms with van der Waals surface area (Å²) in [7, 11) is 0. The molecule has 0 saturated heterocycles. The minimum Gasteiger partial charge on any atom is -0.462 e. The maximum Gasteiger partial charge on any atom is 0.279 e. The maximum absolute atomic E-state index is 7.37. The molecule has 1 unspecified atom stereocenters. The number of nitrogens with zero attached hydrogens (tertiary/aromatic N) is 2. The number of rotatable bonds is 4. The molecule has 1 aromatic carbocycles. The molecule has 2 atom stereocenters. The summed E-state index contributed by atoms with van der Waals surface area (Å²) in [5.41, 5.74) is 10.3. The van der Waals surface area contributed by atoms with Gasteiger partial charge in [0.15, 0.2) is 0 Å². The summed E-state index contributed by atoms with van der Waals surface area (Å²) in [5.74, 6) is 0.356. The molecule has 3 rings (SSSR count). The fourth-order valence-electron chi connectivity index (χ4n) is 3.33. The molecule has 0 radical (unpaired) electrons. The normalized spacial score (nSPS) is 17.8. The quantitative estimate of drug-likeness (QED) is 0.670. The van der Waals surface area contributed by atoms with Crippen LogP contribution in [0.25, 0.3) is 11.1 Å². The van der Waals surface area contributed by atoms with Crippen molar-refractivity contribution in [2.45, 2.75) is 32.3 Å². The van der Waals surface area contributed by atoms with Crippen molar-refractivity contribution in [2.75, 3.05) is 0 Å². The number of hydrogen-bond acceptors (Lipinski definition) is 4. The van der Waals surface area contributed by atoms with Gasteiger partial charge in [-0.3, -0.25) is 5.41 Å². The smallest absolute Gasteiger partial charge is 0.279 e. The lowest BCUT2D eigenvalue weighted by Gasteiger charge is -2.22. The van der Waals surface area contributed by atoms with E-state index in [1.807, 2.05) is 12.4 Å². The molecular formula is C17H20N4O. The van der Waals surface area contributed by atoms with Crippen LogP contribution in [0, 0.1) is 11.3 Å². The van der Waals surface area contributed by atoms with E-state index in [4.69, 9.17) is 15.9 Å². The molecule has 0 bridgehead atoms. The molecule has 1 heterocycles. The van der Waals surface area contributed by atoms with Crippen molar-refractivity contribution in [3.05, 3.63) is 48.0 Å². The van der Waals surface area contributed by atoms with Crippen LogP contribution in [0.15, 0.2) is 36.9 Å². The number of hydrogen-bond donors (Lipinski definition) is 2. The first-order valence-corrected chi connectivity index (χ1v) is 7.55. The second kappa shape index (κ2) is 6.13. The Labute approximate surface area is 130 Å². The van der Waals surface area contributed by atoms with E-state index in [9.17, 15) is 0 Å². The number of amidine groups is 1. The Balaban J connectivity index is 1.89. The van der Waals surface area contributed by atoms with Crippen LogP contribution in [0.1, 0.15) is 24.5 Å². The Morgan fingerprint density at radius 1 is 1.36 bits per heavy atom. The fourth-order valence-corrected chi connectivity index (χ4v) is 3.33. The van der Waals surface area contributed by atoms with Crippen LogP contribution in [0.2, 0.25) is 0 Å². The van der Waals surface area contributed by atoms with Crippen molar-refractivity contribution in [1.82, 2.24) is 9.97 Å². The molecule has 3 N–H and O–H groups in total. The minimum absolute atomic E-state index is 0.00947. The van der Waals surface area contributed by atoms with Gasteiger partial charge in [-0.25, -0.2) is 9.97 Å².